The van der Waals surface area contributed by atoms with E-state index in [-0.39, 0.29) is 29.9 Å². The van der Waals surface area contributed by atoms with Crippen molar-refractivity contribution in [1.82, 2.24) is 10.2 Å². The van der Waals surface area contributed by atoms with Crippen molar-refractivity contribution in [3.8, 4) is 0 Å². The number of rotatable bonds is 7. The first-order chi connectivity index (χ1) is 14.6. The lowest BCUT2D eigenvalue weighted by atomic mass is 10.1. The minimum atomic E-state index is -0.394. The Morgan fingerprint density at radius 1 is 1.07 bits per heavy atom. The molecular formula is C22H21N3O5. The van der Waals surface area contributed by atoms with Gasteiger partial charge in [-0.1, -0.05) is 12.1 Å². The number of amides is 3. The molecule has 1 atom stereocenters. The highest BCUT2D eigenvalue weighted by molar-refractivity contribution is 6.02. The molecule has 3 heterocycles. The maximum absolute atomic E-state index is 12.5. The molecule has 0 spiro atoms. The lowest BCUT2D eigenvalue weighted by Gasteiger charge is -2.15. The maximum Gasteiger partial charge on any atom is 0.291 e. The van der Waals surface area contributed by atoms with E-state index < -0.39 is 5.92 Å². The van der Waals surface area contributed by atoms with Crippen LogP contribution in [0.4, 0.5) is 5.69 Å². The number of nitrogens with one attached hydrogen (secondary N) is 2. The van der Waals surface area contributed by atoms with Crippen molar-refractivity contribution >= 4 is 23.4 Å². The van der Waals surface area contributed by atoms with Crippen LogP contribution in [0.5, 0.6) is 0 Å². The Morgan fingerprint density at radius 2 is 1.90 bits per heavy atom. The predicted octanol–water partition coefficient (Wildman–Crippen LogP) is 2.79. The molecule has 1 fully saturated rings. The fraction of sp³-hybridized carbons (Fsp3) is 0.227. The number of benzene rings is 1. The number of likely N-dealkylation sites (tertiary alicyclic amines) is 1. The second-order valence-electron chi connectivity index (χ2n) is 7.10. The van der Waals surface area contributed by atoms with E-state index in [2.05, 4.69) is 10.6 Å². The molecular weight excluding hydrogens is 386 g/mol. The summed E-state index contributed by atoms with van der Waals surface area (Å²) in [7, 11) is 0. The van der Waals surface area contributed by atoms with Gasteiger partial charge < -0.3 is 24.4 Å². The first kappa shape index (κ1) is 19.5. The molecule has 1 aliphatic rings. The average molecular weight is 407 g/mol. The fourth-order valence-electron chi connectivity index (χ4n) is 3.38. The molecule has 0 bridgehead atoms. The second kappa shape index (κ2) is 8.69. The van der Waals surface area contributed by atoms with Crippen LogP contribution in [-0.4, -0.2) is 29.2 Å². The van der Waals surface area contributed by atoms with E-state index in [1.54, 1.807) is 53.6 Å². The smallest absolute Gasteiger partial charge is 0.291 e. The topological polar surface area (TPSA) is 105 Å². The van der Waals surface area contributed by atoms with Crippen molar-refractivity contribution in [1.29, 1.82) is 0 Å². The number of hydrogen-bond acceptors (Lipinski definition) is 5. The third-order valence-electron chi connectivity index (χ3n) is 4.91. The molecule has 3 aromatic rings. The SMILES string of the molecule is O=C(Nc1cccc(CNC(=O)C2CC(=O)N(Cc3ccco3)C2)c1)c1ccco1. The third kappa shape index (κ3) is 4.60. The number of carbonyl (C=O) groups is 3. The maximum atomic E-state index is 12.5. The van der Waals surface area contributed by atoms with E-state index in [1.165, 1.54) is 6.26 Å². The van der Waals surface area contributed by atoms with Crippen LogP contribution in [0.2, 0.25) is 0 Å². The Kier molecular flexibility index (Phi) is 5.65. The molecule has 0 saturated carbocycles. The molecule has 8 nitrogen and oxygen atoms in total. The van der Waals surface area contributed by atoms with Crippen LogP contribution in [0.25, 0.3) is 0 Å². The van der Waals surface area contributed by atoms with Crippen molar-refractivity contribution in [2.75, 3.05) is 11.9 Å². The van der Waals surface area contributed by atoms with Gasteiger partial charge in [0.25, 0.3) is 5.91 Å². The largest absolute Gasteiger partial charge is 0.467 e. The van der Waals surface area contributed by atoms with Crippen LogP contribution in [0, 0.1) is 5.92 Å². The summed E-state index contributed by atoms with van der Waals surface area (Å²) in [6.07, 6.45) is 3.18. The van der Waals surface area contributed by atoms with Gasteiger partial charge in [-0.3, -0.25) is 14.4 Å². The number of anilines is 1. The Balaban J connectivity index is 1.29. The van der Waals surface area contributed by atoms with Crippen molar-refractivity contribution < 1.29 is 23.2 Å². The molecule has 2 aromatic heterocycles. The quantitative estimate of drug-likeness (QED) is 0.627. The van der Waals surface area contributed by atoms with Crippen LogP contribution in [0.1, 0.15) is 28.3 Å². The highest BCUT2D eigenvalue weighted by atomic mass is 16.3. The molecule has 154 valence electrons. The number of hydrogen-bond donors (Lipinski definition) is 2. The number of carbonyl (C=O) groups excluding carboxylic acids is 3. The van der Waals surface area contributed by atoms with E-state index in [9.17, 15) is 14.4 Å². The van der Waals surface area contributed by atoms with Gasteiger partial charge in [0.1, 0.15) is 5.76 Å². The molecule has 0 radical (unpaired) electrons. The van der Waals surface area contributed by atoms with E-state index in [1.807, 2.05) is 6.07 Å². The third-order valence-corrected chi connectivity index (χ3v) is 4.91. The summed E-state index contributed by atoms with van der Waals surface area (Å²) in [6.45, 7) is 1.03. The van der Waals surface area contributed by atoms with Crippen LogP contribution >= 0.6 is 0 Å². The Labute approximate surface area is 172 Å². The average Bonchev–Trinajstić information content (AvgIpc) is 3.50. The van der Waals surface area contributed by atoms with Gasteiger partial charge >= 0.3 is 0 Å². The van der Waals surface area contributed by atoms with E-state index in [0.29, 0.717) is 31.1 Å². The van der Waals surface area contributed by atoms with Crippen LogP contribution in [0.15, 0.2) is 69.9 Å². The van der Waals surface area contributed by atoms with Crippen molar-refractivity contribution in [2.24, 2.45) is 5.92 Å². The van der Waals surface area contributed by atoms with E-state index in [4.69, 9.17) is 8.83 Å². The van der Waals surface area contributed by atoms with Gasteiger partial charge in [-0.05, 0) is 42.0 Å². The molecule has 1 saturated heterocycles. The highest BCUT2D eigenvalue weighted by Gasteiger charge is 2.34. The molecule has 0 aliphatic carbocycles. The molecule has 1 aliphatic heterocycles. The molecule has 2 N–H and O–H groups in total. The van der Waals surface area contributed by atoms with Crippen molar-refractivity contribution in [3.63, 3.8) is 0 Å². The Bertz CT molecular complexity index is 1030. The van der Waals surface area contributed by atoms with E-state index in [0.717, 1.165) is 5.56 Å². The standard InChI is InChI=1S/C22H21N3O5/c26-20-11-16(13-25(20)14-18-6-2-8-29-18)21(27)23-12-15-4-1-5-17(10-15)24-22(28)19-7-3-9-30-19/h1-10,16H,11-14H2,(H,23,27)(H,24,28). The van der Waals surface area contributed by atoms with Gasteiger partial charge in [0.15, 0.2) is 5.76 Å². The van der Waals surface area contributed by atoms with Gasteiger partial charge in [-0.2, -0.15) is 0 Å². The van der Waals surface area contributed by atoms with Gasteiger partial charge in [0.2, 0.25) is 11.8 Å². The number of furan rings is 2. The van der Waals surface area contributed by atoms with Gasteiger partial charge in [0, 0.05) is 25.2 Å². The summed E-state index contributed by atoms with van der Waals surface area (Å²) in [6, 6.07) is 14.0. The summed E-state index contributed by atoms with van der Waals surface area (Å²) in [5, 5.41) is 5.63. The van der Waals surface area contributed by atoms with Crippen molar-refractivity contribution in [2.45, 2.75) is 19.5 Å². The minimum Gasteiger partial charge on any atom is -0.467 e. The van der Waals surface area contributed by atoms with Gasteiger partial charge in [-0.25, -0.2) is 0 Å². The molecule has 1 unspecified atom stereocenters. The lowest BCUT2D eigenvalue weighted by molar-refractivity contribution is -0.129. The van der Waals surface area contributed by atoms with Crippen LogP contribution < -0.4 is 10.6 Å². The monoisotopic (exact) mass is 407 g/mol. The molecule has 4 rings (SSSR count). The normalized spacial score (nSPS) is 15.9. The zero-order valence-corrected chi connectivity index (χ0v) is 16.2. The van der Waals surface area contributed by atoms with Gasteiger partial charge in [0.05, 0.1) is 25.0 Å². The fourth-order valence-corrected chi connectivity index (χ4v) is 3.38. The van der Waals surface area contributed by atoms with Crippen LogP contribution in [-0.2, 0) is 22.7 Å². The van der Waals surface area contributed by atoms with Gasteiger partial charge in [-0.15, -0.1) is 0 Å². The summed E-state index contributed by atoms with van der Waals surface area (Å²) >= 11 is 0. The first-order valence-electron chi connectivity index (χ1n) is 9.60. The summed E-state index contributed by atoms with van der Waals surface area (Å²) in [5.74, 6) is -0.0577. The molecule has 30 heavy (non-hydrogen) atoms. The summed E-state index contributed by atoms with van der Waals surface area (Å²) in [4.78, 5) is 38.4. The Hall–Kier alpha value is -3.81. The molecule has 1 aromatic carbocycles. The molecule has 3 amide bonds. The zero-order valence-electron chi connectivity index (χ0n) is 16.2. The summed E-state index contributed by atoms with van der Waals surface area (Å²) in [5.41, 5.74) is 1.43. The minimum absolute atomic E-state index is 0.0609. The zero-order chi connectivity index (χ0) is 20.9. The predicted molar refractivity (Wildman–Crippen MR) is 107 cm³/mol. The second-order valence-corrected chi connectivity index (χ2v) is 7.10. The number of nitrogens with zero attached hydrogens (tertiary/aromatic N) is 1. The first-order valence-corrected chi connectivity index (χ1v) is 9.60. The highest BCUT2D eigenvalue weighted by Crippen LogP contribution is 2.21. The molecule has 8 heteroatoms. The van der Waals surface area contributed by atoms with E-state index >= 15 is 0 Å². The van der Waals surface area contributed by atoms with Crippen LogP contribution in [0.3, 0.4) is 0 Å². The summed E-state index contributed by atoms with van der Waals surface area (Å²) < 4.78 is 10.4. The Morgan fingerprint density at radius 3 is 2.67 bits per heavy atom. The lowest BCUT2D eigenvalue weighted by Crippen LogP contribution is -2.32. The van der Waals surface area contributed by atoms with Crippen molar-refractivity contribution in [3.05, 3.63) is 78.1 Å².